The van der Waals surface area contributed by atoms with E-state index < -0.39 is 0 Å². The Morgan fingerprint density at radius 3 is 2.35 bits per heavy atom. The van der Waals surface area contributed by atoms with Crippen LogP contribution >= 0.6 is 0 Å². The van der Waals surface area contributed by atoms with Gasteiger partial charge in [0.1, 0.15) is 11.5 Å². The number of hydrogen-bond acceptors (Lipinski definition) is 4. The Balaban J connectivity index is 1.86. The van der Waals surface area contributed by atoms with Gasteiger partial charge in [-0.05, 0) is 36.4 Å². The third kappa shape index (κ3) is 2.05. The average Bonchev–Trinajstić information content (AvgIpc) is 3.00. The summed E-state index contributed by atoms with van der Waals surface area (Å²) in [7, 11) is 0. The molecule has 4 nitrogen and oxygen atoms in total. The van der Waals surface area contributed by atoms with Crippen molar-refractivity contribution in [2.75, 3.05) is 13.2 Å². The minimum absolute atomic E-state index is 0.239. The van der Waals surface area contributed by atoms with Gasteiger partial charge in [0, 0.05) is 5.56 Å². The summed E-state index contributed by atoms with van der Waals surface area (Å²) in [5, 5.41) is 9.21. The van der Waals surface area contributed by atoms with E-state index in [1.807, 2.05) is 12.1 Å². The minimum Gasteiger partial charge on any atom is -0.508 e. The topological polar surface area (TPSA) is 51.8 Å². The van der Waals surface area contributed by atoms with Gasteiger partial charge in [-0.15, -0.1) is 0 Å². The van der Waals surface area contributed by atoms with Crippen LogP contribution in [-0.2, 0) is 9.47 Å². The third-order valence-corrected chi connectivity index (χ3v) is 2.63. The van der Waals surface area contributed by atoms with Gasteiger partial charge in [-0.1, -0.05) is 0 Å². The Bertz CT molecular complexity index is 494. The van der Waals surface area contributed by atoms with Gasteiger partial charge < -0.3 is 19.0 Å². The van der Waals surface area contributed by atoms with Crippen molar-refractivity contribution in [3.8, 4) is 17.1 Å². The Hall–Kier alpha value is -1.78. The zero-order valence-electron chi connectivity index (χ0n) is 9.13. The molecule has 88 valence electrons. The summed E-state index contributed by atoms with van der Waals surface area (Å²) >= 11 is 0. The van der Waals surface area contributed by atoms with E-state index in [2.05, 4.69) is 0 Å². The molecule has 0 saturated carbocycles. The zero-order chi connectivity index (χ0) is 11.7. The standard InChI is InChI=1S/C13H12O4/c14-10-3-1-9(2-4-10)11-5-6-12(17-11)13-15-7-8-16-13/h1-6,13-14H,7-8H2. The molecule has 0 bridgehead atoms. The van der Waals surface area contributed by atoms with E-state index in [4.69, 9.17) is 13.9 Å². The lowest BCUT2D eigenvalue weighted by Crippen LogP contribution is -1.94. The van der Waals surface area contributed by atoms with Crippen molar-refractivity contribution in [3.05, 3.63) is 42.2 Å². The summed E-state index contributed by atoms with van der Waals surface area (Å²) in [6, 6.07) is 10.6. The van der Waals surface area contributed by atoms with E-state index in [-0.39, 0.29) is 12.0 Å². The van der Waals surface area contributed by atoms with E-state index in [9.17, 15) is 5.11 Å². The van der Waals surface area contributed by atoms with Crippen LogP contribution in [0.2, 0.25) is 0 Å². The van der Waals surface area contributed by atoms with Crippen LogP contribution in [0.25, 0.3) is 11.3 Å². The fourth-order valence-electron chi connectivity index (χ4n) is 1.78. The number of furan rings is 1. The van der Waals surface area contributed by atoms with Gasteiger partial charge in [0.15, 0.2) is 5.76 Å². The molecule has 1 N–H and O–H groups in total. The van der Waals surface area contributed by atoms with Crippen molar-refractivity contribution >= 4 is 0 Å². The lowest BCUT2D eigenvalue weighted by Gasteiger charge is -2.04. The van der Waals surface area contributed by atoms with Gasteiger partial charge in [0.05, 0.1) is 13.2 Å². The molecule has 2 aromatic rings. The Morgan fingerprint density at radius 2 is 1.65 bits per heavy atom. The molecule has 1 aliphatic heterocycles. The number of hydrogen-bond donors (Lipinski definition) is 1. The van der Waals surface area contributed by atoms with Crippen LogP contribution in [0.5, 0.6) is 5.75 Å². The summed E-state index contributed by atoms with van der Waals surface area (Å²) < 4.78 is 16.4. The highest BCUT2D eigenvalue weighted by Crippen LogP contribution is 2.30. The van der Waals surface area contributed by atoms with E-state index in [0.29, 0.717) is 19.0 Å². The first kappa shape index (κ1) is 10.4. The van der Waals surface area contributed by atoms with Crippen molar-refractivity contribution in [1.82, 2.24) is 0 Å². The summed E-state index contributed by atoms with van der Waals surface area (Å²) in [5.74, 6) is 1.65. The number of benzene rings is 1. The Morgan fingerprint density at radius 1 is 0.941 bits per heavy atom. The molecule has 0 spiro atoms. The maximum atomic E-state index is 9.21. The lowest BCUT2D eigenvalue weighted by atomic mass is 10.2. The largest absolute Gasteiger partial charge is 0.508 e. The molecular formula is C13H12O4. The number of rotatable bonds is 2. The molecule has 1 aliphatic rings. The second-order valence-electron chi connectivity index (χ2n) is 3.82. The molecule has 1 aromatic heterocycles. The van der Waals surface area contributed by atoms with Crippen LogP contribution in [0.15, 0.2) is 40.8 Å². The van der Waals surface area contributed by atoms with Crippen molar-refractivity contribution < 1.29 is 19.0 Å². The molecular weight excluding hydrogens is 220 g/mol. The predicted molar refractivity (Wildman–Crippen MR) is 60.5 cm³/mol. The first-order chi connectivity index (χ1) is 8.33. The predicted octanol–water partition coefficient (Wildman–Crippen LogP) is 2.70. The Labute approximate surface area is 98.4 Å². The maximum Gasteiger partial charge on any atom is 0.217 e. The molecule has 2 heterocycles. The van der Waals surface area contributed by atoms with Gasteiger partial charge >= 0.3 is 0 Å². The van der Waals surface area contributed by atoms with E-state index in [1.54, 1.807) is 24.3 Å². The summed E-state index contributed by atoms with van der Waals surface area (Å²) in [6.07, 6.45) is -0.388. The van der Waals surface area contributed by atoms with Gasteiger partial charge in [0.25, 0.3) is 0 Å². The van der Waals surface area contributed by atoms with Gasteiger partial charge in [-0.25, -0.2) is 0 Å². The van der Waals surface area contributed by atoms with Gasteiger partial charge in [-0.2, -0.15) is 0 Å². The molecule has 1 saturated heterocycles. The van der Waals surface area contributed by atoms with Gasteiger partial charge in [0.2, 0.25) is 6.29 Å². The van der Waals surface area contributed by atoms with E-state index >= 15 is 0 Å². The highest BCUT2D eigenvalue weighted by atomic mass is 16.7. The maximum absolute atomic E-state index is 9.21. The fourth-order valence-corrected chi connectivity index (χ4v) is 1.78. The molecule has 0 atom stereocenters. The quantitative estimate of drug-likeness (QED) is 0.864. The Kier molecular flexibility index (Phi) is 2.59. The second kappa shape index (κ2) is 4.24. The third-order valence-electron chi connectivity index (χ3n) is 2.63. The van der Waals surface area contributed by atoms with Crippen molar-refractivity contribution in [2.45, 2.75) is 6.29 Å². The lowest BCUT2D eigenvalue weighted by molar-refractivity contribution is -0.0585. The molecule has 4 heteroatoms. The number of ether oxygens (including phenoxy) is 2. The molecule has 3 rings (SSSR count). The highest BCUT2D eigenvalue weighted by molar-refractivity contribution is 5.58. The monoisotopic (exact) mass is 232 g/mol. The zero-order valence-corrected chi connectivity index (χ0v) is 9.13. The van der Waals surface area contributed by atoms with Gasteiger partial charge in [-0.3, -0.25) is 0 Å². The van der Waals surface area contributed by atoms with Crippen molar-refractivity contribution in [1.29, 1.82) is 0 Å². The van der Waals surface area contributed by atoms with Crippen LogP contribution < -0.4 is 0 Å². The van der Waals surface area contributed by atoms with Crippen LogP contribution in [-0.4, -0.2) is 18.3 Å². The second-order valence-corrected chi connectivity index (χ2v) is 3.82. The smallest absolute Gasteiger partial charge is 0.217 e. The summed E-state index contributed by atoms with van der Waals surface area (Å²) in [5.41, 5.74) is 0.909. The molecule has 0 unspecified atom stereocenters. The molecule has 17 heavy (non-hydrogen) atoms. The number of phenols is 1. The normalized spacial score (nSPS) is 16.5. The molecule has 1 fully saturated rings. The SMILES string of the molecule is Oc1ccc(-c2ccc(C3OCCO3)o2)cc1. The fraction of sp³-hybridized carbons (Fsp3) is 0.231. The van der Waals surface area contributed by atoms with Crippen LogP contribution in [0.4, 0.5) is 0 Å². The van der Waals surface area contributed by atoms with Crippen LogP contribution in [0.3, 0.4) is 0 Å². The van der Waals surface area contributed by atoms with Crippen LogP contribution in [0, 0.1) is 0 Å². The molecule has 1 aromatic carbocycles. The minimum atomic E-state index is -0.388. The molecule has 0 radical (unpaired) electrons. The number of phenolic OH excluding ortho intramolecular Hbond substituents is 1. The molecule has 0 amide bonds. The van der Waals surface area contributed by atoms with Crippen LogP contribution in [0.1, 0.15) is 12.1 Å². The van der Waals surface area contributed by atoms with Crippen molar-refractivity contribution in [3.63, 3.8) is 0 Å². The highest BCUT2D eigenvalue weighted by Gasteiger charge is 2.21. The first-order valence-electron chi connectivity index (χ1n) is 5.45. The van der Waals surface area contributed by atoms with E-state index in [0.717, 1.165) is 11.3 Å². The average molecular weight is 232 g/mol. The van der Waals surface area contributed by atoms with Crippen molar-refractivity contribution in [2.24, 2.45) is 0 Å². The summed E-state index contributed by atoms with van der Waals surface area (Å²) in [6.45, 7) is 1.19. The molecule has 0 aliphatic carbocycles. The number of aromatic hydroxyl groups is 1. The first-order valence-corrected chi connectivity index (χ1v) is 5.45. The van der Waals surface area contributed by atoms with E-state index in [1.165, 1.54) is 0 Å². The summed E-state index contributed by atoms with van der Waals surface area (Å²) in [4.78, 5) is 0.